The molecule has 0 unspecified atom stereocenters. The van der Waals surface area contributed by atoms with Gasteiger partial charge in [-0.1, -0.05) is 12.1 Å². The Morgan fingerprint density at radius 3 is 2.57 bits per heavy atom. The van der Waals surface area contributed by atoms with Crippen molar-refractivity contribution in [2.24, 2.45) is 5.73 Å². The maximum atomic E-state index is 11.3. The molecule has 0 saturated carbocycles. The Hall–Kier alpha value is -2.04. The minimum atomic E-state index is -0.631. The molecule has 0 heterocycles. The smallest absolute Gasteiger partial charge is 0.255 e. The van der Waals surface area contributed by atoms with E-state index in [0.717, 1.165) is 0 Å². The van der Waals surface area contributed by atoms with Gasteiger partial charge in [-0.3, -0.25) is 9.59 Å². The number of phenols is 1. The molecule has 0 aromatic heterocycles. The van der Waals surface area contributed by atoms with E-state index in [1.807, 2.05) is 0 Å². The van der Waals surface area contributed by atoms with Gasteiger partial charge in [0.1, 0.15) is 5.75 Å². The predicted molar refractivity (Wildman–Crippen MR) is 49.6 cm³/mol. The Balaban J connectivity index is 2.70. The van der Waals surface area contributed by atoms with Gasteiger partial charge in [-0.2, -0.15) is 0 Å². The molecule has 5 nitrogen and oxygen atoms in total. The van der Waals surface area contributed by atoms with Crippen LogP contribution in [0.25, 0.3) is 0 Å². The topological polar surface area (TPSA) is 92.4 Å². The van der Waals surface area contributed by atoms with Crippen molar-refractivity contribution in [3.8, 4) is 5.75 Å². The molecule has 1 aromatic carbocycles. The van der Waals surface area contributed by atoms with Crippen molar-refractivity contribution in [2.45, 2.75) is 0 Å². The number of nitrogens with two attached hydrogens (primary N) is 1. The number of amides is 2. The van der Waals surface area contributed by atoms with E-state index in [4.69, 9.17) is 5.73 Å². The number of nitrogens with one attached hydrogen (secondary N) is 1. The highest BCUT2D eigenvalue weighted by molar-refractivity contribution is 5.98. The lowest BCUT2D eigenvalue weighted by Crippen LogP contribution is -2.33. The molecule has 1 rings (SSSR count). The van der Waals surface area contributed by atoms with E-state index in [0.29, 0.717) is 0 Å². The molecule has 0 aliphatic heterocycles. The number of aromatic hydroxyl groups is 1. The first-order chi connectivity index (χ1) is 6.61. The van der Waals surface area contributed by atoms with Gasteiger partial charge in [-0.05, 0) is 12.1 Å². The van der Waals surface area contributed by atoms with Gasteiger partial charge in [0.2, 0.25) is 5.91 Å². The molecule has 0 atom stereocenters. The molecule has 1 aromatic rings. The number of primary amides is 1. The van der Waals surface area contributed by atoms with Crippen LogP contribution in [0.15, 0.2) is 24.3 Å². The van der Waals surface area contributed by atoms with E-state index in [1.165, 1.54) is 12.1 Å². The number of benzene rings is 1. The number of carbonyl (C=O) groups excluding carboxylic acids is 2. The van der Waals surface area contributed by atoms with Crippen LogP contribution in [-0.2, 0) is 4.79 Å². The summed E-state index contributed by atoms with van der Waals surface area (Å²) < 4.78 is 0. The third kappa shape index (κ3) is 2.48. The lowest BCUT2D eigenvalue weighted by atomic mass is 10.2. The van der Waals surface area contributed by atoms with Crippen LogP contribution in [0.4, 0.5) is 0 Å². The highest BCUT2D eigenvalue weighted by Crippen LogP contribution is 2.14. The van der Waals surface area contributed by atoms with Gasteiger partial charge in [0.25, 0.3) is 5.91 Å². The van der Waals surface area contributed by atoms with Crippen molar-refractivity contribution in [1.82, 2.24) is 5.32 Å². The molecule has 5 heteroatoms. The maximum absolute atomic E-state index is 11.3. The molecule has 74 valence electrons. The molecule has 0 aliphatic carbocycles. The van der Waals surface area contributed by atoms with E-state index in [-0.39, 0.29) is 17.9 Å². The largest absolute Gasteiger partial charge is 0.507 e. The zero-order valence-electron chi connectivity index (χ0n) is 7.36. The summed E-state index contributed by atoms with van der Waals surface area (Å²) in [5.74, 6) is -1.29. The van der Waals surface area contributed by atoms with Crippen molar-refractivity contribution in [3.05, 3.63) is 29.8 Å². The summed E-state index contributed by atoms with van der Waals surface area (Å²) in [6, 6.07) is 6.05. The molecular formula is C9H10N2O3. The van der Waals surface area contributed by atoms with Crippen molar-refractivity contribution >= 4 is 11.8 Å². The molecule has 14 heavy (non-hydrogen) atoms. The van der Waals surface area contributed by atoms with Crippen LogP contribution < -0.4 is 11.1 Å². The maximum Gasteiger partial charge on any atom is 0.255 e. The van der Waals surface area contributed by atoms with E-state index in [9.17, 15) is 14.7 Å². The summed E-state index contributed by atoms with van der Waals surface area (Å²) in [7, 11) is 0. The number of phenolic OH excluding ortho intramolecular Hbond substituents is 1. The monoisotopic (exact) mass is 194 g/mol. The Morgan fingerprint density at radius 1 is 1.36 bits per heavy atom. The fraction of sp³-hybridized carbons (Fsp3) is 0.111. The van der Waals surface area contributed by atoms with E-state index < -0.39 is 11.8 Å². The van der Waals surface area contributed by atoms with Gasteiger partial charge in [0, 0.05) is 0 Å². The average Bonchev–Trinajstić information content (AvgIpc) is 2.15. The molecule has 2 amide bonds. The highest BCUT2D eigenvalue weighted by Gasteiger charge is 2.09. The Bertz CT molecular complexity index is 363. The number of rotatable bonds is 3. The first-order valence-electron chi connectivity index (χ1n) is 3.95. The van der Waals surface area contributed by atoms with Gasteiger partial charge in [0.15, 0.2) is 0 Å². The van der Waals surface area contributed by atoms with Crippen LogP contribution in [0, 0.1) is 0 Å². The second kappa shape index (κ2) is 4.27. The van der Waals surface area contributed by atoms with Gasteiger partial charge >= 0.3 is 0 Å². The standard InChI is InChI=1S/C9H10N2O3/c10-8(13)5-11-9(14)6-3-1-2-4-7(6)12/h1-4,12H,5H2,(H2,10,13)(H,11,14). The van der Waals surface area contributed by atoms with Crippen LogP contribution >= 0.6 is 0 Å². The van der Waals surface area contributed by atoms with Crippen LogP contribution in [0.3, 0.4) is 0 Å². The summed E-state index contributed by atoms with van der Waals surface area (Å²) >= 11 is 0. The van der Waals surface area contributed by atoms with Crippen molar-refractivity contribution in [1.29, 1.82) is 0 Å². The Morgan fingerprint density at radius 2 is 2.00 bits per heavy atom. The Kier molecular flexibility index (Phi) is 3.06. The van der Waals surface area contributed by atoms with Gasteiger partial charge in [-0.25, -0.2) is 0 Å². The lowest BCUT2D eigenvalue weighted by Gasteiger charge is -2.03. The van der Waals surface area contributed by atoms with Crippen LogP contribution in [0.5, 0.6) is 5.75 Å². The number of hydrogen-bond donors (Lipinski definition) is 3. The zero-order chi connectivity index (χ0) is 10.6. The van der Waals surface area contributed by atoms with Gasteiger partial charge in [-0.15, -0.1) is 0 Å². The minimum absolute atomic E-state index is 0.119. The molecule has 0 fully saturated rings. The second-order valence-electron chi connectivity index (χ2n) is 2.67. The number of para-hydroxylation sites is 1. The van der Waals surface area contributed by atoms with E-state index in [1.54, 1.807) is 12.1 Å². The number of hydrogen-bond acceptors (Lipinski definition) is 3. The van der Waals surface area contributed by atoms with Gasteiger partial charge in [0.05, 0.1) is 12.1 Å². The highest BCUT2D eigenvalue weighted by atomic mass is 16.3. The molecule has 0 bridgehead atoms. The summed E-state index contributed by atoms with van der Waals surface area (Å²) in [6.45, 7) is -0.243. The molecule has 4 N–H and O–H groups in total. The summed E-state index contributed by atoms with van der Waals surface area (Å²) in [6.07, 6.45) is 0. The van der Waals surface area contributed by atoms with Crippen molar-refractivity contribution in [2.75, 3.05) is 6.54 Å². The molecule has 0 spiro atoms. The van der Waals surface area contributed by atoms with Gasteiger partial charge < -0.3 is 16.2 Å². The van der Waals surface area contributed by atoms with Crippen molar-refractivity contribution < 1.29 is 14.7 Å². The first kappa shape index (κ1) is 10.0. The van der Waals surface area contributed by atoms with Crippen LogP contribution in [0.2, 0.25) is 0 Å². The van der Waals surface area contributed by atoms with Crippen molar-refractivity contribution in [3.63, 3.8) is 0 Å². The average molecular weight is 194 g/mol. The Labute approximate surface area is 80.5 Å². The second-order valence-corrected chi connectivity index (χ2v) is 2.67. The number of carbonyl (C=O) groups is 2. The zero-order valence-corrected chi connectivity index (χ0v) is 7.36. The van der Waals surface area contributed by atoms with Crippen LogP contribution in [0.1, 0.15) is 10.4 Å². The fourth-order valence-corrected chi connectivity index (χ4v) is 0.928. The summed E-state index contributed by atoms with van der Waals surface area (Å²) in [5, 5.41) is 11.5. The normalized spacial score (nSPS) is 9.43. The van der Waals surface area contributed by atoms with E-state index in [2.05, 4.69) is 5.32 Å². The first-order valence-corrected chi connectivity index (χ1v) is 3.95. The molecule has 0 radical (unpaired) electrons. The summed E-state index contributed by atoms with van der Waals surface area (Å²) in [5.41, 5.74) is 4.96. The quantitative estimate of drug-likeness (QED) is 0.611. The third-order valence-electron chi connectivity index (χ3n) is 1.57. The summed E-state index contributed by atoms with van der Waals surface area (Å²) in [4.78, 5) is 21.7. The molecular weight excluding hydrogens is 184 g/mol. The molecule has 0 aliphatic rings. The third-order valence-corrected chi connectivity index (χ3v) is 1.57. The fourth-order valence-electron chi connectivity index (χ4n) is 0.928. The van der Waals surface area contributed by atoms with E-state index >= 15 is 0 Å². The predicted octanol–water partition coefficient (Wildman–Crippen LogP) is -0.393. The van der Waals surface area contributed by atoms with Crippen LogP contribution in [-0.4, -0.2) is 23.5 Å². The SMILES string of the molecule is NC(=O)CNC(=O)c1ccccc1O. The molecule has 0 saturated heterocycles. The lowest BCUT2D eigenvalue weighted by molar-refractivity contribution is -0.117. The minimum Gasteiger partial charge on any atom is -0.507 e.